The van der Waals surface area contributed by atoms with Crippen LogP contribution in [-0.4, -0.2) is 66.0 Å². The average molecular weight is 623 g/mol. The molecular weight excluding hydrogens is 580 g/mol. The van der Waals surface area contributed by atoms with Gasteiger partial charge in [-0.15, -0.1) is 0 Å². The van der Waals surface area contributed by atoms with Crippen LogP contribution in [-0.2, 0) is 49.5 Å². The highest BCUT2D eigenvalue weighted by molar-refractivity contribution is 5.86. The van der Waals surface area contributed by atoms with E-state index in [1.807, 2.05) is 40.7 Å². The molecule has 0 aromatic carbocycles. The number of amides is 1. The maximum absolute atomic E-state index is 12.4. The van der Waals surface area contributed by atoms with Gasteiger partial charge in [-0.25, -0.2) is 5.32 Å². The Balaban J connectivity index is 1.35. The van der Waals surface area contributed by atoms with E-state index in [0.717, 1.165) is 57.1 Å². The van der Waals surface area contributed by atoms with Gasteiger partial charge >= 0.3 is 11.9 Å². The second kappa shape index (κ2) is 10.4. The molecule has 12 heteroatoms. The van der Waals surface area contributed by atoms with Crippen molar-refractivity contribution in [2.45, 2.75) is 102 Å². The zero-order chi connectivity index (χ0) is 32.7. The molecule has 0 spiro atoms. The lowest BCUT2D eigenvalue weighted by Gasteiger charge is -2.15. The number of carbonyl (C=O) groups excluding carboxylic acids is 1. The van der Waals surface area contributed by atoms with Crippen LogP contribution in [0.25, 0.3) is 6.08 Å². The molecule has 2 aromatic heterocycles. The number of carboxylic acid groups (broad SMARTS) is 2. The molecule has 4 aliphatic heterocycles. The van der Waals surface area contributed by atoms with Gasteiger partial charge in [0.1, 0.15) is 0 Å². The summed E-state index contributed by atoms with van der Waals surface area (Å²) < 4.78 is 11.8. The van der Waals surface area contributed by atoms with Crippen LogP contribution in [0.3, 0.4) is 0 Å². The predicted octanol–water partition coefficient (Wildman–Crippen LogP) is 2.95. The molecule has 0 radical (unpaired) electrons. The van der Waals surface area contributed by atoms with Crippen molar-refractivity contribution in [2.24, 2.45) is 11.8 Å². The topological polar surface area (TPSA) is 193 Å². The fourth-order valence-electron chi connectivity index (χ4n) is 7.83. The normalized spacial score (nSPS) is 33.6. The monoisotopic (exact) mass is 622 g/mol. The molecule has 0 unspecified atom stereocenters. The first-order valence-corrected chi connectivity index (χ1v) is 15.6. The number of H-pyrrole nitrogens is 2. The fraction of sp³-hybridized carbons (Fsp3) is 0.545. The molecule has 1 amide bonds. The molecule has 0 bridgehead atoms. The number of aliphatic carboxylic acids is 2. The van der Waals surface area contributed by atoms with Gasteiger partial charge in [-0.05, 0) is 74.4 Å². The minimum atomic E-state index is -1.55. The van der Waals surface area contributed by atoms with E-state index in [9.17, 15) is 29.7 Å². The first kappa shape index (κ1) is 31.3. The molecule has 6 rings (SSSR count). The van der Waals surface area contributed by atoms with E-state index in [-0.39, 0.29) is 30.6 Å². The number of aromatic amines is 2. The van der Waals surface area contributed by atoms with Crippen LogP contribution >= 0.6 is 0 Å². The van der Waals surface area contributed by atoms with Crippen molar-refractivity contribution in [3.63, 3.8) is 0 Å². The van der Waals surface area contributed by atoms with Crippen molar-refractivity contribution >= 4 is 23.9 Å². The first-order chi connectivity index (χ1) is 21.1. The number of allylic oxidation sites excluding steroid dienone is 1. The second-order valence-electron chi connectivity index (χ2n) is 13.1. The van der Waals surface area contributed by atoms with Crippen LogP contribution in [0.1, 0.15) is 85.1 Å². The summed E-state index contributed by atoms with van der Waals surface area (Å²) in [4.78, 5) is 42.7. The maximum Gasteiger partial charge on any atom is 0.303 e. The minimum absolute atomic E-state index is 0.0111. The Morgan fingerprint density at radius 2 is 1.62 bits per heavy atom. The van der Waals surface area contributed by atoms with E-state index >= 15 is 0 Å². The molecule has 4 fully saturated rings. The van der Waals surface area contributed by atoms with Gasteiger partial charge in [0.25, 0.3) is 5.91 Å². The van der Waals surface area contributed by atoms with Crippen LogP contribution < -0.4 is 10.6 Å². The number of hydrogen-bond donors (Lipinski definition) is 7. The van der Waals surface area contributed by atoms with Crippen molar-refractivity contribution in [3.05, 3.63) is 63.4 Å². The standard InChI is InChI=1S/C33H42N4O8/c1-7-19-18(5)29(42)36-23(19)13-22-16(3)20(9-11-27(38)39)24(34-22)14-25-21(10-12-28(40)41)17(4)26(35-25)15-32-30(6,44-32)31(8-2)33(43,37-32)45-31/h8,13,18-19,34-35,37,43H,2,7,9-12,14-15H2,1,3-6H3,(H,36,42)(H,38,39)(H,40,41)/b23-13-/t18-,19-,30+,31-,32+,33-/m1/s1. The molecule has 45 heavy (non-hydrogen) atoms. The highest BCUT2D eigenvalue weighted by Gasteiger charge is 2.97. The number of nitrogens with one attached hydrogen (secondary N) is 4. The number of carbonyl (C=O) groups is 3. The minimum Gasteiger partial charge on any atom is -0.481 e. The van der Waals surface area contributed by atoms with Gasteiger partial charge in [0.05, 0.1) is 0 Å². The SMILES string of the molecule is C=C[C@]12O[C@@]1(O)N[C@@]1(Cc3[nH]c(Cc4[nH]c(/C=C5\NC(=O)[C@H](C)[C@H]5CC)c(C)c4CCC(=O)O)c(CCC(=O)O)c3C)O[C@@]21C. The summed E-state index contributed by atoms with van der Waals surface area (Å²) in [6.45, 7) is 13.6. The van der Waals surface area contributed by atoms with Gasteiger partial charge in [0.15, 0.2) is 16.9 Å². The second-order valence-corrected chi connectivity index (χ2v) is 13.1. The quantitative estimate of drug-likeness (QED) is 0.130. The lowest BCUT2D eigenvalue weighted by Crippen LogP contribution is -2.43. The number of epoxide rings is 2. The molecule has 7 N–H and O–H groups in total. The fourth-order valence-corrected chi connectivity index (χ4v) is 7.83. The first-order valence-electron chi connectivity index (χ1n) is 15.6. The summed E-state index contributed by atoms with van der Waals surface area (Å²) in [6.07, 6.45) is 5.61. The summed E-state index contributed by atoms with van der Waals surface area (Å²) in [5.74, 6) is -3.43. The predicted molar refractivity (Wildman–Crippen MR) is 163 cm³/mol. The lowest BCUT2D eigenvalue weighted by molar-refractivity contribution is -0.138. The van der Waals surface area contributed by atoms with E-state index in [0.29, 0.717) is 25.7 Å². The molecular formula is C33H42N4O8. The number of carboxylic acids is 2. The van der Waals surface area contributed by atoms with Gasteiger partial charge in [0, 0.05) is 66.0 Å². The van der Waals surface area contributed by atoms with Crippen molar-refractivity contribution in [3.8, 4) is 0 Å². The van der Waals surface area contributed by atoms with E-state index < -0.39 is 34.8 Å². The molecule has 12 nitrogen and oxygen atoms in total. The van der Waals surface area contributed by atoms with E-state index in [1.165, 1.54) is 0 Å². The third kappa shape index (κ3) is 4.60. The summed E-state index contributed by atoms with van der Waals surface area (Å²) >= 11 is 0. The van der Waals surface area contributed by atoms with Gasteiger partial charge in [-0.3, -0.25) is 14.4 Å². The van der Waals surface area contributed by atoms with Crippen LogP contribution in [0.5, 0.6) is 0 Å². The number of aromatic nitrogens is 2. The van der Waals surface area contributed by atoms with Gasteiger partial charge in [0.2, 0.25) is 5.91 Å². The lowest BCUT2D eigenvalue weighted by atomic mass is 9.87. The number of hydrogen-bond acceptors (Lipinski definition) is 7. The van der Waals surface area contributed by atoms with Crippen molar-refractivity contribution in [2.75, 3.05) is 0 Å². The van der Waals surface area contributed by atoms with Crippen LogP contribution in [0.2, 0.25) is 0 Å². The zero-order valence-electron chi connectivity index (χ0n) is 26.3. The summed E-state index contributed by atoms with van der Waals surface area (Å²) in [5.41, 5.74) is 4.96. The Kier molecular flexibility index (Phi) is 7.24. The van der Waals surface area contributed by atoms with Crippen molar-refractivity contribution < 1.29 is 39.2 Å². The number of fused-ring (bicyclic) bond motifs is 3. The van der Waals surface area contributed by atoms with Crippen LogP contribution in [0.15, 0.2) is 18.4 Å². The number of rotatable bonds is 13. The van der Waals surface area contributed by atoms with E-state index in [4.69, 9.17) is 9.47 Å². The van der Waals surface area contributed by atoms with E-state index in [2.05, 4.69) is 27.2 Å². The zero-order valence-corrected chi connectivity index (χ0v) is 26.3. The van der Waals surface area contributed by atoms with Gasteiger partial charge in [-0.2, -0.15) is 0 Å². The third-order valence-electron chi connectivity index (χ3n) is 10.7. The molecule has 4 saturated heterocycles. The van der Waals surface area contributed by atoms with Gasteiger partial charge < -0.3 is 40.1 Å². The van der Waals surface area contributed by atoms with Crippen LogP contribution in [0, 0.1) is 25.7 Å². The largest absolute Gasteiger partial charge is 0.481 e. The molecule has 0 saturated carbocycles. The Morgan fingerprint density at radius 3 is 2.20 bits per heavy atom. The van der Waals surface area contributed by atoms with Gasteiger partial charge in [-0.1, -0.05) is 20.4 Å². The smallest absolute Gasteiger partial charge is 0.303 e. The molecule has 6 atom stereocenters. The third-order valence-corrected chi connectivity index (χ3v) is 10.7. The summed E-state index contributed by atoms with van der Waals surface area (Å²) in [6, 6.07) is 0. The number of aliphatic hydroxyl groups is 1. The highest BCUT2D eigenvalue weighted by atomic mass is 16.8. The molecule has 4 aliphatic rings. The van der Waals surface area contributed by atoms with Crippen molar-refractivity contribution in [1.82, 2.24) is 20.6 Å². The number of ether oxygens (including phenoxy) is 2. The maximum atomic E-state index is 12.4. The van der Waals surface area contributed by atoms with Crippen LogP contribution in [0.4, 0.5) is 0 Å². The van der Waals surface area contributed by atoms with E-state index in [1.54, 1.807) is 6.08 Å². The average Bonchev–Trinajstić information content (AvgIpc) is 3.58. The molecule has 242 valence electrons. The molecule has 2 aromatic rings. The summed E-state index contributed by atoms with van der Waals surface area (Å²) in [7, 11) is 0. The highest BCUT2D eigenvalue weighted by Crippen LogP contribution is 2.73. The van der Waals surface area contributed by atoms with Crippen molar-refractivity contribution in [1.29, 1.82) is 0 Å². The molecule has 6 heterocycles. The Bertz CT molecular complexity index is 1660. The summed E-state index contributed by atoms with van der Waals surface area (Å²) in [5, 5.41) is 36.0. The molecule has 0 aliphatic carbocycles. The Morgan fingerprint density at radius 1 is 1.00 bits per heavy atom. The Labute approximate surface area is 261 Å². The Hall–Kier alpha value is -3.71.